The normalized spacial score (nSPS) is 9.33. The zero-order valence-electron chi connectivity index (χ0n) is 8.14. The van der Waals surface area contributed by atoms with Gasteiger partial charge in [-0.15, -0.1) is 11.3 Å². The zero-order chi connectivity index (χ0) is 9.97. The van der Waals surface area contributed by atoms with E-state index in [1.165, 1.54) is 0 Å². The van der Waals surface area contributed by atoms with Gasteiger partial charge in [0.1, 0.15) is 11.0 Å². The molecule has 0 saturated carbocycles. The molecule has 0 bridgehead atoms. The van der Waals surface area contributed by atoms with Crippen LogP contribution in [0.4, 0.5) is 0 Å². The minimum Gasteiger partial charge on any atom is -0.542 e. The van der Waals surface area contributed by atoms with Gasteiger partial charge in [-0.1, -0.05) is 30.3 Å². The van der Waals surface area contributed by atoms with Crippen LogP contribution < -0.4 is 56.5 Å². The van der Waals surface area contributed by atoms with E-state index >= 15 is 0 Å². The molecule has 70 valence electrons. The first kappa shape index (κ1) is 13.0. The summed E-state index contributed by atoms with van der Waals surface area (Å²) in [5, 5.41) is 10.5. The first-order valence-electron chi connectivity index (χ1n) is 4.00. The Labute approximate surface area is 134 Å². The summed E-state index contributed by atoms with van der Waals surface area (Å²) in [6.07, 6.45) is 1.55. The monoisotopic (exact) mass is 243 g/mol. The number of aromatic carboxylic acids is 1. The standard InChI is InChI=1S/C10H7NO2S.K/c12-10(13)9-11-6-8(14-9)7-4-2-1-3-5-7;/h1-6H,(H,12,13);/q;+1/p-1. The summed E-state index contributed by atoms with van der Waals surface area (Å²) in [5.41, 5.74) is 0.970. The number of hydrogen-bond acceptors (Lipinski definition) is 4. The second-order valence-corrected chi connectivity index (χ2v) is 3.71. The Kier molecular flexibility index (Phi) is 5.11. The van der Waals surface area contributed by atoms with Crippen molar-refractivity contribution in [1.29, 1.82) is 0 Å². The van der Waals surface area contributed by atoms with Crippen LogP contribution in [-0.4, -0.2) is 11.0 Å². The van der Waals surface area contributed by atoms with Crippen molar-refractivity contribution in [3.63, 3.8) is 0 Å². The van der Waals surface area contributed by atoms with Crippen LogP contribution in [0.3, 0.4) is 0 Å². The summed E-state index contributed by atoms with van der Waals surface area (Å²) in [5.74, 6) is -1.22. The van der Waals surface area contributed by atoms with Crippen molar-refractivity contribution in [2.75, 3.05) is 0 Å². The van der Waals surface area contributed by atoms with Gasteiger partial charge in [0.25, 0.3) is 0 Å². The van der Waals surface area contributed by atoms with E-state index in [9.17, 15) is 9.90 Å². The molecule has 2 aromatic rings. The van der Waals surface area contributed by atoms with Crippen molar-refractivity contribution >= 4 is 17.3 Å². The van der Waals surface area contributed by atoms with Crippen molar-refractivity contribution in [3.8, 4) is 10.4 Å². The van der Waals surface area contributed by atoms with E-state index in [-0.39, 0.29) is 56.4 Å². The van der Waals surface area contributed by atoms with E-state index in [0.717, 1.165) is 21.8 Å². The average molecular weight is 243 g/mol. The molecule has 1 aromatic carbocycles. The van der Waals surface area contributed by atoms with Crippen molar-refractivity contribution in [1.82, 2.24) is 4.98 Å². The van der Waals surface area contributed by atoms with Gasteiger partial charge in [-0.05, 0) is 5.56 Å². The van der Waals surface area contributed by atoms with Gasteiger partial charge in [0.2, 0.25) is 0 Å². The molecule has 0 N–H and O–H groups in total. The van der Waals surface area contributed by atoms with E-state index in [4.69, 9.17) is 0 Å². The fourth-order valence-corrected chi connectivity index (χ4v) is 1.86. The van der Waals surface area contributed by atoms with Crippen LogP contribution in [-0.2, 0) is 0 Å². The van der Waals surface area contributed by atoms with Crippen LogP contribution in [0.5, 0.6) is 0 Å². The Morgan fingerprint density at radius 2 is 1.93 bits per heavy atom. The molecule has 2 rings (SSSR count). The van der Waals surface area contributed by atoms with E-state index in [2.05, 4.69) is 4.98 Å². The molecule has 0 amide bonds. The zero-order valence-corrected chi connectivity index (χ0v) is 12.1. The number of aromatic nitrogens is 1. The van der Waals surface area contributed by atoms with Gasteiger partial charge >= 0.3 is 51.4 Å². The summed E-state index contributed by atoms with van der Waals surface area (Å²) < 4.78 is 0. The smallest absolute Gasteiger partial charge is 0.542 e. The van der Waals surface area contributed by atoms with Crippen LogP contribution in [0.25, 0.3) is 10.4 Å². The van der Waals surface area contributed by atoms with Gasteiger partial charge in [0.05, 0.1) is 4.88 Å². The van der Waals surface area contributed by atoms with Crippen LogP contribution in [0.1, 0.15) is 9.80 Å². The third-order valence-electron chi connectivity index (χ3n) is 1.74. The van der Waals surface area contributed by atoms with Crippen molar-refractivity contribution in [2.24, 2.45) is 0 Å². The predicted molar refractivity (Wildman–Crippen MR) is 51.9 cm³/mol. The van der Waals surface area contributed by atoms with E-state index in [1.54, 1.807) is 6.20 Å². The van der Waals surface area contributed by atoms with Gasteiger partial charge < -0.3 is 9.90 Å². The molecular weight excluding hydrogens is 237 g/mol. The Balaban J connectivity index is 0.00000112. The second kappa shape index (κ2) is 5.88. The van der Waals surface area contributed by atoms with Crippen molar-refractivity contribution in [3.05, 3.63) is 41.5 Å². The maximum atomic E-state index is 10.5. The molecule has 0 atom stereocenters. The number of hydrogen-bond donors (Lipinski definition) is 0. The van der Waals surface area contributed by atoms with Gasteiger partial charge in [-0.25, -0.2) is 4.98 Å². The Morgan fingerprint density at radius 1 is 1.27 bits per heavy atom. The summed E-state index contributed by atoms with van der Waals surface area (Å²) in [4.78, 5) is 15.1. The fraction of sp³-hybridized carbons (Fsp3) is 0. The van der Waals surface area contributed by atoms with Crippen LogP contribution in [0.15, 0.2) is 36.5 Å². The molecule has 15 heavy (non-hydrogen) atoms. The van der Waals surface area contributed by atoms with Crippen molar-refractivity contribution < 1.29 is 61.3 Å². The van der Waals surface area contributed by atoms with E-state index in [0.29, 0.717) is 0 Å². The molecule has 0 fully saturated rings. The first-order valence-corrected chi connectivity index (χ1v) is 4.81. The molecule has 1 aromatic heterocycles. The molecule has 5 heteroatoms. The second-order valence-electron chi connectivity index (χ2n) is 2.68. The van der Waals surface area contributed by atoms with Gasteiger partial charge in [0, 0.05) is 6.20 Å². The van der Waals surface area contributed by atoms with Crippen molar-refractivity contribution in [2.45, 2.75) is 0 Å². The van der Waals surface area contributed by atoms with E-state index < -0.39 is 5.97 Å². The largest absolute Gasteiger partial charge is 1.00 e. The SMILES string of the molecule is O=C([O-])c1ncc(-c2ccccc2)s1.[K+]. The number of carbonyl (C=O) groups is 1. The summed E-state index contributed by atoms with van der Waals surface area (Å²) >= 11 is 1.12. The minimum atomic E-state index is -1.22. The Hall–Kier alpha value is -0.0436. The van der Waals surface area contributed by atoms with Crippen LogP contribution in [0, 0.1) is 0 Å². The maximum absolute atomic E-state index is 10.5. The maximum Gasteiger partial charge on any atom is 1.00 e. The average Bonchev–Trinajstić information content (AvgIpc) is 2.68. The third-order valence-corrected chi connectivity index (χ3v) is 2.77. The van der Waals surface area contributed by atoms with Crippen LogP contribution >= 0.6 is 11.3 Å². The number of carboxylic acids is 1. The number of rotatable bonds is 2. The van der Waals surface area contributed by atoms with Crippen LogP contribution in [0.2, 0.25) is 0 Å². The number of carbonyl (C=O) groups excluding carboxylic acids is 1. The summed E-state index contributed by atoms with van der Waals surface area (Å²) in [6, 6.07) is 9.52. The molecule has 1 heterocycles. The van der Waals surface area contributed by atoms with E-state index in [1.807, 2.05) is 30.3 Å². The molecular formula is C10H6KNO2S. The first-order chi connectivity index (χ1) is 6.77. The Morgan fingerprint density at radius 3 is 2.47 bits per heavy atom. The molecule has 0 unspecified atom stereocenters. The number of carboxylic acid groups (broad SMARTS) is 1. The fourth-order valence-electron chi connectivity index (χ4n) is 1.10. The number of benzene rings is 1. The van der Waals surface area contributed by atoms with Gasteiger partial charge in [-0.2, -0.15) is 0 Å². The third kappa shape index (κ3) is 3.20. The summed E-state index contributed by atoms with van der Waals surface area (Å²) in [7, 11) is 0. The topological polar surface area (TPSA) is 53.0 Å². The molecule has 0 aliphatic carbocycles. The van der Waals surface area contributed by atoms with Gasteiger partial charge in [0.15, 0.2) is 0 Å². The Bertz CT molecular complexity index is 455. The number of nitrogens with zero attached hydrogens (tertiary/aromatic N) is 1. The molecule has 0 aliphatic heterocycles. The molecule has 0 aliphatic rings. The summed E-state index contributed by atoms with van der Waals surface area (Å²) in [6.45, 7) is 0. The quantitative estimate of drug-likeness (QED) is 0.584. The molecule has 0 radical (unpaired) electrons. The predicted octanol–water partition coefficient (Wildman–Crippen LogP) is -1.82. The molecule has 0 saturated heterocycles. The number of thiazole rings is 1. The molecule has 0 spiro atoms. The minimum absolute atomic E-state index is 0. The molecule has 3 nitrogen and oxygen atoms in total. The van der Waals surface area contributed by atoms with Gasteiger partial charge in [-0.3, -0.25) is 0 Å².